The number of hydrogen-bond acceptors (Lipinski definition) is 27. The van der Waals surface area contributed by atoms with Crippen molar-refractivity contribution in [2.45, 2.75) is 87.9 Å². The zero-order valence-corrected chi connectivity index (χ0v) is 61.2. The number of nitrogens with one attached hydrogen (secondary N) is 5. The topological polar surface area (TPSA) is 664 Å². The summed E-state index contributed by atoms with van der Waals surface area (Å²) in [5, 5.41) is 7.69. The smallest absolute Gasteiger partial charge is 0.345 e. The van der Waals surface area contributed by atoms with Gasteiger partial charge in [0.25, 0.3) is 24.5 Å². The number of fused-ring (bicyclic) bond motifs is 2. The van der Waals surface area contributed by atoms with Crippen LogP contribution in [0.2, 0.25) is 0 Å². The van der Waals surface area contributed by atoms with Crippen molar-refractivity contribution in [3.05, 3.63) is 61.9 Å². The van der Waals surface area contributed by atoms with Gasteiger partial charge in [0.05, 0.1) is 70.9 Å². The Labute approximate surface area is 593 Å². The van der Waals surface area contributed by atoms with E-state index in [-0.39, 0.29) is 136 Å². The van der Waals surface area contributed by atoms with E-state index in [1.54, 1.807) is 14.1 Å². The van der Waals surface area contributed by atoms with Crippen LogP contribution in [0.5, 0.6) is 0 Å². The van der Waals surface area contributed by atoms with Crippen molar-refractivity contribution in [2.75, 3.05) is 139 Å². The molecule has 47 nitrogen and oxygen atoms in total. The third-order valence-electron chi connectivity index (χ3n) is 16.6. The summed E-state index contributed by atoms with van der Waals surface area (Å²) >= 11 is 0. The number of aliphatic imine (C=N–C) groups is 3. The Balaban J connectivity index is 1.07. The van der Waals surface area contributed by atoms with Crippen molar-refractivity contribution in [3.8, 4) is 0 Å². The van der Waals surface area contributed by atoms with Gasteiger partial charge in [0.15, 0.2) is 59.1 Å². The lowest BCUT2D eigenvalue weighted by atomic mass is 10.1. The summed E-state index contributed by atoms with van der Waals surface area (Å²) in [7, 11) is -2.86. The van der Waals surface area contributed by atoms with Crippen LogP contribution >= 0.6 is 22.9 Å². The molecular formula is C54H92N31O16P3. The number of nitrogen functional groups attached to an aromatic ring is 2. The van der Waals surface area contributed by atoms with E-state index in [4.69, 9.17) is 79.4 Å². The van der Waals surface area contributed by atoms with Gasteiger partial charge >= 0.3 is 21.0 Å². The zero-order valence-electron chi connectivity index (χ0n) is 58.5. The van der Waals surface area contributed by atoms with Crippen molar-refractivity contribution in [2.24, 2.45) is 55.1 Å². The van der Waals surface area contributed by atoms with Crippen molar-refractivity contribution in [3.63, 3.8) is 0 Å². The number of rotatable bonds is 33. The Morgan fingerprint density at radius 1 is 0.635 bits per heavy atom. The number of carbonyl (C=O) groups is 4. The number of imidazole rings is 2. The molecule has 23 N–H and O–H groups in total. The molecule has 0 aromatic carbocycles. The Kier molecular flexibility index (Phi) is 27.0. The minimum atomic E-state index is -4.38. The van der Waals surface area contributed by atoms with E-state index in [9.17, 15) is 38.1 Å². The van der Waals surface area contributed by atoms with Crippen LogP contribution in [0.15, 0.2) is 54.5 Å². The molecule has 8 heterocycles. The first-order valence-electron chi connectivity index (χ1n) is 32.3. The fourth-order valence-corrected chi connectivity index (χ4v) is 15.8. The van der Waals surface area contributed by atoms with Crippen LogP contribution in [-0.2, 0) is 60.7 Å². The van der Waals surface area contributed by atoms with Crippen LogP contribution in [0.4, 0.5) is 11.8 Å². The molecule has 0 aliphatic carbocycles. The molecule has 0 saturated carbocycles. The number of aromatic amines is 2. The van der Waals surface area contributed by atoms with Gasteiger partial charge in [0, 0.05) is 51.1 Å². The van der Waals surface area contributed by atoms with Crippen molar-refractivity contribution in [1.29, 1.82) is 0 Å². The van der Waals surface area contributed by atoms with Crippen molar-refractivity contribution in [1.82, 2.24) is 92.8 Å². The van der Waals surface area contributed by atoms with Crippen LogP contribution in [0, 0.1) is 6.92 Å². The summed E-state index contributed by atoms with van der Waals surface area (Å²) in [6.07, 6.45) is -3.21. The molecule has 0 radical (unpaired) electrons. The van der Waals surface area contributed by atoms with Crippen molar-refractivity contribution >= 4 is 98.5 Å². The number of nitrogens with zero attached hydrogens (tertiary/aromatic N) is 17. The van der Waals surface area contributed by atoms with Gasteiger partial charge in [-0.1, -0.05) is 0 Å². The van der Waals surface area contributed by atoms with E-state index in [0.717, 1.165) is 4.57 Å². The molecule has 3 saturated heterocycles. The van der Waals surface area contributed by atoms with Crippen LogP contribution in [0.25, 0.3) is 22.3 Å². The van der Waals surface area contributed by atoms with E-state index in [1.807, 2.05) is 0 Å². The van der Waals surface area contributed by atoms with E-state index in [0.29, 0.717) is 0 Å². The quantitative estimate of drug-likeness (QED) is 0.00804. The first kappa shape index (κ1) is 80.8. The van der Waals surface area contributed by atoms with Gasteiger partial charge in [0.1, 0.15) is 36.3 Å². The third-order valence-corrected chi connectivity index (χ3v) is 23.8. The molecule has 104 heavy (non-hydrogen) atoms. The SMILES string of the molecule is Cc1cn(C2CN(P(=O)(OCC3CN(P(=O)(OCC4CN(C(=O)CNC(=O)C(CCCN=C(N)N)NC(=O)C(CCCN=C(N)N)NC(=O)C(N)N=C(N)N)CC(n5cnc6c(=O)[nH]c(N)nc65)O4)N(C)C)CC(n4cnc5c(N)ncnc54)O3)N(C)C)CC(COP(C)(=O)N(C)C)O2)c(=O)[nH]c1=O. The Hall–Kier alpha value is -8.92. The first-order valence-corrected chi connectivity index (χ1v) is 37.4. The molecule has 3 fully saturated rings. The number of nitrogens with two attached hydrogens (primary N) is 9. The van der Waals surface area contributed by atoms with Gasteiger partial charge in [-0.15, -0.1) is 0 Å². The number of ether oxygens (including phenoxy) is 3. The molecule has 3 aliphatic rings. The highest BCUT2D eigenvalue weighted by Crippen LogP contribution is 2.57. The summed E-state index contributed by atoms with van der Waals surface area (Å²) in [4.78, 5) is 134. The highest BCUT2D eigenvalue weighted by atomic mass is 31.2. The fourth-order valence-electron chi connectivity index (χ4n) is 11.1. The molecule has 5 aromatic rings. The largest absolute Gasteiger partial charge is 0.382 e. The van der Waals surface area contributed by atoms with Gasteiger partial charge in [-0.25, -0.2) is 53.1 Å². The summed E-state index contributed by atoms with van der Waals surface area (Å²) < 4.78 is 95.0. The molecule has 8 rings (SSSR count). The van der Waals surface area contributed by atoms with E-state index >= 15 is 9.13 Å². The molecule has 3 aliphatic heterocycles. The van der Waals surface area contributed by atoms with Gasteiger partial charge in [0.2, 0.25) is 23.7 Å². The summed E-state index contributed by atoms with van der Waals surface area (Å²) in [5.74, 6) is -4.60. The van der Waals surface area contributed by atoms with Gasteiger partial charge in [-0.05, 0) is 74.9 Å². The zero-order chi connectivity index (χ0) is 76.3. The summed E-state index contributed by atoms with van der Waals surface area (Å²) in [5.41, 5.74) is 49.3. The van der Waals surface area contributed by atoms with Crippen LogP contribution < -0.4 is 84.4 Å². The minimum absolute atomic E-state index is 0.0150. The number of guanidine groups is 3. The average Bonchev–Trinajstić information content (AvgIpc) is 1.18. The number of hydrogen-bond donors (Lipinski definition) is 14. The average molecular weight is 1520 g/mol. The third kappa shape index (κ3) is 20.1. The molecule has 574 valence electrons. The predicted octanol–water partition coefficient (Wildman–Crippen LogP) is -6.37. The Bertz CT molecular complexity index is 4320. The second-order valence-electron chi connectivity index (χ2n) is 25.0. The predicted molar refractivity (Wildman–Crippen MR) is 378 cm³/mol. The standard InChI is InChI=1S/C54H92N31O16P3/c1-29-16-83(54(92)76-45(29)87)37-21-81(18-31(100-37)23-96-102(8,93)77(2)3)103(94,78(4)5)98-25-32-19-82(22-38(101-32)84-27-69-39-41(55)67-26-68-43(39)84)104(95,79(6)7)97-24-30-17-80(20-36(99-30)85-28-70-40-44(85)74-53(63)75-48(40)90)35(86)15-66-46(88)33(11-9-13-64-50(57)58)71-47(89)34(12-10-14-65-51(59)60)72-49(91)42(56)73-52(61)62/h16,26-28,30-34,36-38,42H,9-15,17-25,56H2,1-8H3,(H,66,88)(H,71,89)(H,72,91)(H2,55,67,68)(H4,57,58,64)(H4,59,60,65)(H4,61,62,73)(H,76,87,92)(H3,63,74,75,90). The van der Waals surface area contributed by atoms with E-state index in [2.05, 4.69) is 65.8 Å². The molecule has 12 unspecified atom stereocenters. The molecule has 0 spiro atoms. The monoisotopic (exact) mass is 1520 g/mol. The van der Waals surface area contributed by atoms with Crippen LogP contribution in [0.1, 0.15) is 49.9 Å². The number of amides is 4. The number of carbonyl (C=O) groups excluding carboxylic acids is 4. The summed E-state index contributed by atoms with van der Waals surface area (Å²) in [6, 6.07) is -2.75. The molecule has 12 atom stereocenters. The van der Waals surface area contributed by atoms with Gasteiger partial charge in [-0.2, -0.15) is 4.98 Å². The maximum Gasteiger partial charge on any atom is 0.345 e. The lowest BCUT2D eigenvalue weighted by molar-refractivity contribution is -0.158. The highest BCUT2D eigenvalue weighted by Gasteiger charge is 2.48. The van der Waals surface area contributed by atoms with Crippen molar-refractivity contribution < 1.29 is 60.7 Å². The lowest BCUT2D eigenvalue weighted by Crippen LogP contribution is -2.57. The molecular weight excluding hydrogens is 1430 g/mol. The molecule has 4 amide bonds. The van der Waals surface area contributed by atoms with E-state index in [1.165, 1.54) is 104 Å². The molecule has 0 bridgehead atoms. The maximum atomic E-state index is 16.1. The number of aryl methyl sites for hydroxylation is 1. The second kappa shape index (κ2) is 34.8. The Morgan fingerprint density at radius 2 is 1.14 bits per heavy atom. The van der Waals surface area contributed by atoms with Crippen LogP contribution in [-0.4, -0.2) is 283 Å². The van der Waals surface area contributed by atoms with Crippen LogP contribution in [0.3, 0.4) is 0 Å². The molecule has 5 aromatic heterocycles. The van der Waals surface area contributed by atoms with Gasteiger partial charge in [-0.3, -0.25) is 76.1 Å². The summed E-state index contributed by atoms with van der Waals surface area (Å²) in [6.45, 7) is -0.461. The number of aromatic nitrogens is 10. The maximum absolute atomic E-state index is 16.1. The number of anilines is 2. The second-order valence-corrected chi connectivity index (χ2v) is 32.8. The number of H-pyrrole nitrogens is 2. The Morgan fingerprint density at radius 3 is 1.69 bits per heavy atom. The van der Waals surface area contributed by atoms with Gasteiger partial charge < -0.3 is 100 Å². The fraction of sp³-hybridized carbons (Fsp3) is 0.611. The lowest BCUT2D eigenvalue weighted by Gasteiger charge is -2.45. The normalized spacial score (nSPS) is 21.7. The highest BCUT2D eigenvalue weighted by molar-refractivity contribution is 7.55. The first-order chi connectivity index (χ1) is 49.0. The molecule has 50 heteroatoms. The minimum Gasteiger partial charge on any atom is -0.382 e. The number of morpholine rings is 3. The van der Waals surface area contributed by atoms with E-state index < -0.39 is 144 Å².